The maximum Gasteiger partial charge on any atom is 0.417 e. The van der Waals surface area contributed by atoms with Crippen LogP contribution >= 0.6 is 11.8 Å². The molecule has 0 fully saturated rings. The Balaban J connectivity index is 1.70. The fourth-order valence-corrected chi connectivity index (χ4v) is 3.43. The highest BCUT2D eigenvalue weighted by molar-refractivity contribution is 7.99. The Morgan fingerprint density at radius 2 is 1.82 bits per heavy atom. The molecule has 1 amide bonds. The Hall–Kier alpha value is -2.74. The van der Waals surface area contributed by atoms with Crippen LogP contribution in [0.2, 0.25) is 0 Å². The van der Waals surface area contributed by atoms with Crippen LogP contribution in [0, 0.1) is 0 Å². The minimum Gasteiger partial charge on any atom is -0.490 e. The molecule has 2 aromatic rings. The van der Waals surface area contributed by atoms with E-state index in [1.54, 1.807) is 24.3 Å². The number of hydrogen-bond acceptors (Lipinski definition) is 4. The number of nitrogens with one attached hydrogen (secondary N) is 1. The molecule has 33 heavy (non-hydrogen) atoms. The van der Waals surface area contributed by atoms with E-state index >= 15 is 0 Å². The molecule has 0 atom stereocenters. The van der Waals surface area contributed by atoms with E-state index in [1.165, 1.54) is 29.0 Å². The Labute approximate surface area is 197 Å². The average molecular weight is 479 g/mol. The molecule has 178 valence electrons. The van der Waals surface area contributed by atoms with Gasteiger partial charge in [0.25, 0.3) is 5.91 Å². The summed E-state index contributed by atoms with van der Waals surface area (Å²) in [7, 11) is 0. The van der Waals surface area contributed by atoms with Gasteiger partial charge in [0, 0.05) is 24.1 Å². The van der Waals surface area contributed by atoms with Crippen molar-refractivity contribution in [1.29, 1.82) is 0 Å². The van der Waals surface area contributed by atoms with Crippen molar-refractivity contribution < 1.29 is 22.7 Å². The fourth-order valence-electron chi connectivity index (χ4n) is 2.73. The molecule has 0 saturated carbocycles. The summed E-state index contributed by atoms with van der Waals surface area (Å²) in [6, 6.07) is 9.22. The largest absolute Gasteiger partial charge is 0.490 e. The summed E-state index contributed by atoms with van der Waals surface area (Å²) in [4.78, 5) is 16.1. The Bertz CT molecular complexity index is 949. The first-order chi connectivity index (χ1) is 15.6. The first kappa shape index (κ1) is 26.5. The molecule has 0 aliphatic heterocycles. The predicted molar refractivity (Wildman–Crippen MR) is 127 cm³/mol. The quantitative estimate of drug-likeness (QED) is 0.222. The highest BCUT2D eigenvalue weighted by Gasteiger charge is 2.30. The zero-order valence-electron chi connectivity index (χ0n) is 19.0. The molecule has 0 spiro atoms. The van der Waals surface area contributed by atoms with Crippen LogP contribution in [0.4, 0.5) is 13.2 Å². The zero-order chi connectivity index (χ0) is 24.3. The first-order valence-corrected chi connectivity index (χ1v) is 11.6. The van der Waals surface area contributed by atoms with E-state index in [0.29, 0.717) is 35.2 Å². The number of allylic oxidation sites excluding steroid dienone is 3. The van der Waals surface area contributed by atoms with Crippen LogP contribution in [-0.4, -0.2) is 29.8 Å². The number of carbonyl (C=O) groups is 1. The lowest BCUT2D eigenvalue weighted by molar-refractivity contribution is -0.137. The smallest absolute Gasteiger partial charge is 0.417 e. The normalized spacial score (nSPS) is 11.8. The van der Waals surface area contributed by atoms with Crippen LogP contribution in [-0.2, 0) is 6.18 Å². The van der Waals surface area contributed by atoms with Gasteiger partial charge >= 0.3 is 6.18 Å². The minimum atomic E-state index is -4.40. The number of alkyl halides is 3. The second-order valence-corrected chi connectivity index (χ2v) is 8.81. The van der Waals surface area contributed by atoms with Gasteiger partial charge in [-0.2, -0.15) is 13.2 Å². The van der Waals surface area contributed by atoms with Crippen LogP contribution < -0.4 is 10.1 Å². The number of aromatic nitrogens is 1. The second kappa shape index (κ2) is 13.1. The number of hydrogen-bond donors (Lipinski definition) is 1. The molecular formula is C25H29F3N2O2S. The number of amides is 1. The van der Waals surface area contributed by atoms with Crippen molar-refractivity contribution in [3.8, 4) is 5.75 Å². The predicted octanol–water partition coefficient (Wildman–Crippen LogP) is 6.69. The van der Waals surface area contributed by atoms with Crippen LogP contribution in [0.3, 0.4) is 0 Å². The number of ether oxygens (including phenoxy) is 1. The van der Waals surface area contributed by atoms with Crippen molar-refractivity contribution in [2.45, 2.75) is 44.8 Å². The fraction of sp³-hybridized carbons (Fsp3) is 0.360. The molecule has 0 radical (unpaired) electrons. The molecule has 1 heterocycles. The summed E-state index contributed by atoms with van der Waals surface area (Å²) < 4.78 is 43.4. The summed E-state index contributed by atoms with van der Waals surface area (Å²) in [6.07, 6.45) is 2.71. The number of rotatable bonds is 11. The summed E-state index contributed by atoms with van der Waals surface area (Å²) in [5, 5.41) is 3.26. The zero-order valence-corrected chi connectivity index (χ0v) is 19.9. The number of pyridine rings is 1. The van der Waals surface area contributed by atoms with Crippen molar-refractivity contribution in [3.05, 3.63) is 77.0 Å². The van der Waals surface area contributed by atoms with Gasteiger partial charge in [-0.15, -0.1) is 11.8 Å². The summed E-state index contributed by atoms with van der Waals surface area (Å²) in [5.41, 5.74) is 2.32. The van der Waals surface area contributed by atoms with E-state index in [9.17, 15) is 18.0 Å². The van der Waals surface area contributed by atoms with Gasteiger partial charge in [0.05, 0.1) is 10.6 Å². The van der Waals surface area contributed by atoms with Gasteiger partial charge in [0.15, 0.2) is 0 Å². The summed E-state index contributed by atoms with van der Waals surface area (Å²) in [5.74, 6) is 0.950. The Morgan fingerprint density at radius 3 is 2.42 bits per heavy atom. The lowest BCUT2D eigenvalue weighted by atomic mass is 10.1. The summed E-state index contributed by atoms with van der Waals surface area (Å²) in [6.45, 7) is 7.10. The second-order valence-electron chi connectivity index (χ2n) is 7.69. The maximum absolute atomic E-state index is 12.6. The van der Waals surface area contributed by atoms with Crippen LogP contribution in [0.25, 0.3) is 0 Å². The monoisotopic (exact) mass is 478 g/mol. The van der Waals surface area contributed by atoms with Gasteiger partial charge in [-0.25, -0.2) is 4.98 Å². The van der Waals surface area contributed by atoms with Crippen molar-refractivity contribution in [2.75, 3.05) is 18.9 Å². The standard InChI is InChI=1S/C25H29F3N2O2S/c1-18(2)5-4-6-19(3)13-15-32-22-10-7-20(8-11-22)24(31)29-14-16-33-23-12-9-21(17-30-23)25(26,27)28/h5,7-13,17H,4,6,14-16H2,1-3H3,(H,29,31). The Morgan fingerprint density at radius 1 is 1.09 bits per heavy atom. The van der Waals surface area contributed by atoms with Crippen molar-refractivity contribution in [1.82, 2.24) is 10.3 Å². The summed E-state index contributed by atoms with van der Waals surface area (Å²) >= 11 is 1.28. The lowest BCUT2D eigenvalue weighted by Gasteiger charge is -2.08. The molecular weight excluding hydrogens is 449 g/mol. The molecule has 2 rings (SSSR count). The van der Waals surface area contributed by atoms with Gasteiger partial charge in [0.2, 0.25) is 0 Å². The van der Waals surface area contributed by atoms with Gasteiger partial charge in [0.1, 0.15) is 12.4 Å². The first-order valence-electron chi connectivity index (χ1n) is 10.6. The van der Waals surface area contributed by atoms with E-state index in [1.807, 2.05) is 0 Å². The number of carbonyl (C=O) groups excluding carboxylic acids is 1. The van der Waals surface area contributed by atoms with Crippen molar-refractivity contribution in [3.63, 3.8) is 0 Å². The maximum atomic E-state index is 12.6. The third-order valence-corrected chi connectivity index (χ3v) is 5.54. The topological polar surface area (TPSA) is 51.2 Å². The van der Waals surface area contributed by atoms with Crippen LogP contribution in [0.5, 0.6) is 5.75 Å². The van der Waals surface area contributed by atoms with E-state index in [4.69, 9.17) is 4.74 Å². The average Bonchev–Trinajstić information content (AvgIpc) is 2.76. The molecule has 1 aromatic carbocycles. The third kappa shape index (κ3) is 10.2. The van der Waals surface area contributed by atoms with Crippen LogP contribution in [0.1, 0.15) is 49.5 Å². The minimum absolute atomic E-state index is 0.224. The molecule has 0 aliphatic rings. The highest BCUT2D eigenvalue weighted by atomic mass is 32.2. The van der Waals surface area contributed by atoms with Gasteiger partial charge in [-0.1, -0.05) is 17.2 Å². The van der Waals surface area contributed by atoms with Gasteiger partial charge in [-0.05, 0) is 76.1 Å². The number of halogens is 3. The number of thioether (sulfide) groups is 1. The molecule has 0 unspecified atom stereocenters. The lowest BCUT2D eigenvalue weighted by Crippen LogP contribution is -2.25. The van der Waals surface area contributed by atoms with Crippen LogP contribution in [0.15, 0.2) is 70.9 Å². The molecule has 0 bridgehead atoms. The van der Waals surface area contributed by atoms with E-state index in [-0.39, 0.29) is 5.91 Å². The van der Waals surface area contributed by atoms with Crippen molar-refractivity contribution >= 4 is 17.7 Å². The SMILES string of the molecule is CC(C)=CCCC(C)=CCOc1ccc(C(=O)NCCSc2ccc(C(F)(F)F)cn2)cc1. The van der Waals surface area contributed by atoms with Gasteiger partial charge < -0.3 is 10.1 Å². The molecule has 1 N–H and O–H groups in total. The molecule has 1 aromatic heterocycles. The molecule has 4 nitrogen and oxygen atoms in total. The van der Waals surface area contributed by atoms with Gasteiger partial charge in [-0.3, -0.25) is 4.79 Å². The van der Waals surface area contributed by atoms with Crippen molar-refractivity contribution in [2.24, 2.45) is 0 Å². The molecule has 0 saturated heterocycles. The molecule has 8 heteroatoms. The number of benzene rings is 1. The van der Waals surface area contributed by atoms with E-state index < -0.39 is 11.7 Å². The highest BCUT2D eigenvalue weighted by Crippen LogP contribution is 2.29. The third-order valence-electron chi connectivity index (χ3n) is 4.59. The van der Waals surface area contributed by atoms with E-state index in [0.717, 1.165) is 25.1 Å². The Kier molecular flexibility index (Phi) is 10.5. The molecule has 0 aliphatic carbocycles. The number of nitrogens with zero attached hydrogens (tertiary/aromatic N) is 1. The van der Waals surface area contributed by atoms with E-state index in [2.05, 4.69) is 43.2 Å².